The van der Waals surface area contributed by atoms with Gasteiger partial charge in [0.15, 0.2) is 0 Å². The molecule has 0 aliphatic heterocycles. The molecule has 4 aliphatic rings. The number of carbonyl (C=O) groups excluding carboxylic acids is 1. The second-order valence-corrected chi connectivity index (χ2v) is 9.23. The van der Waals surface area contributed by atoms with E-state index < -0.39 is 31.9 Å². The summed E-state index contributed by atoms with van der Waals surface area (Å²) in [6.07, 6.45) is 2.42. The van der Waals surface area contributed by atoms with Crippen LogP contribution in [0.1, 0.15) is 45.4 Å². The number of aliphatic hydroxyl groups is 1. The highest BCUT2D eigenvalue weighted by molar-refractivity contribution is 7.88. The number of hydrogen-bond acceptors (Lipinski definition) is 6. The smallest absolute Gasteiger partial charge is 0.372 e. The minimum atomic E-state index is -5.05. The number of hydrogen-bond donors (Lipinski definition) is 1. The molecule has 0 aromatic rings. The molecule has 3 atom stereocenters. The molecule has 4 fully saturated rings. The van der Waals surface area contributed by atoms with Crippen LogP contribution in [0.4, 0.5) is 9.05 Å². The molecular weight excluding hydrogens is 322 g/mol. The molecule has 0 saturated heterocycles. The van der Waals surface area contributed by atoms with Crippen LogP contribution in [0, 0.1) is 17.3 Å². The van der Waals surface area contributed by atoms with Crippen molar-refractivity contribution in [2.24, 2.45) is 17.3 Å². The van der Waals surface area contributed by atoms with E-state index in [1.807, 2.05) is 0 Å². The maximum absolute atomic E-state index is 12.7. The van der Waals surface area contributed by atoms with E-state index in [-0.39, 0.29) is 18.3 Å². The van der Waals surface area contributed by atoms with E-state index in [2.05, 4.69) is 9.33 Å². The maximum Gasteiger partial charge on any atom is 0.372 e. The van der Waals surface area contributed by atoms with Gasteiger partial charge in [-0.25, -0.2) is 4.79 Å². The Labute approximate surface area is 126 Å². The Morgan fingerprint density at radius 2 is 1.77 bits per heavy atom. The highest BCUT2D eigenvalue weighted by Gasteiger charge is 2.71. The molecule has 4 aliphatic carbocycles. The van der Waals surface area contributed by atoms with Gasteiger partial charge in [-0.2, -0.15) is 8.42 Å². The zero-order valence-electron chi connectivity index (χ0n) is 12.0. The molecule has 0 amide bonds. The maximum atomic E-state index is 12.7. The van der Waals surface area contributed by atoms with Crippen molar-refractivity contribution in [3.63, 3.8) is 0 Å². The van der Waals surface area contributed by atoms with Crippen molar-refractivity contribution in [3.05, 3.63) is 0 Å². The van der Waals surface area contributed by atoms with E-state index in [9.17, 15) is 27.4 Å². The van der Waals surface area contributed by atoms with Gasteiger partial charge in [0, 0.05) is 9.94 Å². The largest absolute Gasteiger partial charge is 0.390 e. The lowest BCUT2D eigenvalue weighted by Gasteiger charge is -2.63. The predicted octanol–water partition coefficient (Wildman–Crippen LogP) is 1.73. The van der Waals surface area contributed by atoms with Crippen molar-refractivity contribution in [2.75, 3.05) is 0 Å². The van der Waals surface area contributed by atoms with Gasteiger partial charge in [0.05, 0.1) is 5.60 Å². The van der Waals surface area contributed by atoms with Crippen molar-refractivity contribution in [1.29, 1.82) is 0 Å². The topological polar surface area (TPSA) is 89.9 Å². The third-order valence-electron chi connectivity index (χ3n) is 6.08. The van der Waals surface area contributed by atoms with E-state index in [1.54, 1.807) is 0 Å². The lowest BCUT2D eigenvalue weighted by Crippen LogP contribution is -2.67. The molecule has 0 aromatic carbocycles. The molecular formula is C13H18F2O6S. The molecule has 4 bridgehead atoms. The van der Waals surface area contributed by atoms with E-state index in [0.29, 0.717) is 25.7 Å². The second-order valence-electron chi connectivity index (χ2n) is 7.38. The Morgan fingerprint density at radius 3 is 2.18 bits per heavy atom. The highest BCUT2D eigenvalue weighted by Crippen LogP contribution is 2.66. The first-order chi connectivity index (χ1) is 10.1. The summed E-state index contributed by atoms with van der Waals surface area (Å²) in [4.78, 5) is 15.1. The van der Waals surface area contributed by atoms with Crippen LogP contribution in [0.2, 0.25) is 0 Å². The number of halogens is 2. The van der Waals surface area contributed by atoms with Crippen LogP contribution in [-0.2, 0) is 24.2 Å². The van der Waals surface area contributed by atoms with Crippen molar-refractivity contribution >= 4 is 16.1 Å². The average Bonchev–Trinajstić information content (AvgIpc) is 2.42. The monoisotopic (exact) mass is 340 g/mol. The predicted molar refractivity (Wildman–Crippen MR) is 68.8 cm³/mol. The van der Waals surface area contributed by atoms with Gasteiger partial charge in [-0.1, -0.05) is 4.39 Å². The van der Waals surface area contributed by atoms with Crippen LogP contribution in [-0.4, -0.2) is 29.8 Å². The Hall–Kier alpha value is -0.800. The Bertz CT molecular complexity index is 592. The average molecular weight is 340 g/mol. The van der Waals surface area contributed by atoms with Crippen molar-refractivity contribution in [1.82, 2.24) is 0 Å². The van der Waals surface area contributed by atoms with Gasteiger partial charge >= 0.3 is 16.1 Å². The molecule has 0 spiro atoms. The van der Waals surface area contributed by atoms with Gasteiger partial charge in [0.2, 0.25) is 4.75 Å². The minimum absolute atomic E-state index is 0.0127. The zero-order valence-corrected chi connectivity index (χ0v) is 12.9. The summed E-state index contributed by atoms with van der Waals surface area (Å²) in [5.74, 6) is -1.66. The van der Waals surface area contributed by atoms with Gasteiger partial charge in [-0.05, 0) is 61.8 Å². The molecule has 126 valence electrons. The second kappa shape index (κ2) is 4.61. The summed E-state index contributed by atoms with van der Waals surface area (Å²) in [5.41, 5.74) is -2.40. The first kappa shape index (κ1) is 16.1. The summed E-state index contributed by atoms with van der Waals surface area (Å²) in [7, 11) is -5.05. The fourth-order valence-electron chi connectivity index (χ4n) is 5.49. The van der Waals surface area contributed by atoms with E-state index in [1.165, 1.54) is 0 Å². The standard InChI is InChI=1S/C13H18F2O6S/c1-11(10(16)20-14,22(18,19)21-15)12-3-8-2-9(4-12)6-13(17,5-8)7-12/h8-9,17H,2-7H2,1H3. The zero-order chi connectivity index (χ0) is 16.4. The molecule has 0 aromatic heterocycles. The van der Waals surface area contributed by atoms with E-state index in [4.69, 9.17) is 0 Å². The third-order valence-corrected chi connectivity index (χ3v) is 7.85. The fraction of sp³-hybridized carbons (Fsp3) is 0.923. The van der Waals surface area contributed by atoms with Gasteiger partial charge in [0.1, 0.15) is 0 Å². The lowest BCUT2D eigenvalue weighted by molar-refractivity contribution is -0.209. The minimum Gasteiger partial charge on any atom is -0.390 e. The Balaban J connectivity index is 2.15. The normalized spacial score (nSPS) is 42.9. The molecule has 4 saturated carbocycles. The van der Waals surface area contributed by atoms with Gasteiger partial charge in [-0.3, -0.25) is 4.94 Å². The van der Waals surface area contributed by atoms with Crippen molar-refractivity contribution in [3.8, 4) is 0 Å². The SMILES string of the molecule is CC(C(=O)OF)(C12CC3CC(CC(O)(C3)C1)C2)S(=O)(=O)OF. The fourth-order valence-corrected chi connectivity index (χ4v) is 6.62. The Morgan fingerprint density at radius 1 is 1.23 bits per heavy atom. The summed E-state index contributed by atoms with van der Waals surface area (Å²) in [6, 6.07) is 0. The van der Waals surface area contributed by atoms with E-state index in [0.717, 1.165) is 13.3 Å². The summed E-state index contributed by atoms with van der Waals surface area (Å²) in [6.45, 7) is 0.931. The molecule has 0 heterocycles. The molecule has 9 heteroatoms. The highest BCUT2D eigenvalue weighted by atomic mass is 32.2. The van der Waals surface area contributed by atoms with Crippen LogP contribution in [0.15, 0.2) is 0 Å². The summed E-state index contributed by atoms with van der Waals surface area (Å²) < 4.78 is 50.0. The lowest BCUT2D eigenvalue weighted by atomic mass is 9.45. The van der Waals surface area contributed by atoms with Crippen LogP contribution < -0.4 is 0 Å². The van der Waals surface area contributed by atoms with Gasteiger partial charge in [0.25, 0.3) is 0 Å². The first-order valence-corrected chi connectivity index (χ1v) is 8.62. The molecule has 3 unspecified atom stereocenters. The molecule has 1 N–H and O–H groups in total. The number of carbonyl (C=O) groups is 1. The quantitative estimate of drug-likeness (QED) is 0.838. The Kier molecular flexibility index (Phi) is 3.37. The first-order valence-electron chi connectivity index (χ1n) is 7.22. The van der Waals surface area contributed by atoms with Gasteiger partial charge < -0.3 is 5.11 Å². The van der Waals surface area contributed by atoms with Crippen LogP contribution >= 0.6 is 0 Å². The summed E-state index contributed by atoms with van der Waals surface area (Å²) >= 11 is 0. The summed E-state index contributed by atoms with van der Waals surface area (Å²) in [5, 5.41) is 10.6. The third kappa shape index (κ3) is 1.88. The molecule has 22 heavy (non-hydrogen) atoms. The van der Waals surface area contributed by atoms with Crippen LogP contribution in [0.25, 0.3) is 0 Å². The van der Waals surface area contributed by atoms with Crippen LogP contribution in [0.3, 0.4) is 0 Å². The van der Waals surface area contributed by atoms with Crippen molar-refractivity contribution < 1.29 is 36.7 Å². The molecule has 0 radical (unpaired) electrons. The number of rotatable bonds is 4. The van der Waals surface area contributed by atoms with E-state index >= 15 is 0 Å². The van der Waals surface area contributed by atoms with Gasteiger partial charge in [-0.15, -0.1) is 0 Å². The van der Waals surface area contributed by atoms with Crippen LogP contribution in [0.5, 0.6) is 0 Å². The molecule has 6 nitrogen and oxygen atoms in total. The van der Waals surface area contributed by atoms with Crippen molar-refractivity contribution in [2.45, 2.75) is 55.8 Å². The molecule has 4 rings (SSSR count).